The van der Waals surface area contributed by atoms with Gasteiger partial charge in [-0.25, -0.2) is 4.98 Å². The number of nitrogens with one attached hydrogen (secondary N) is 3. The fourth-order valence-corrected chi connectivity index (χ4v) is 2.09. The molecule has 2 aromatic rings. The molecular weight excluding hydrogens is 247 g/mol. The van der Waals surface area contributed by atoms with E-state index in [2.05, 4.69) is 20.6 Å². The van der Waals surface area contributed by atoms with Crippen molar-refractivity contribution in [3.05, 3.63) is 29.7 Å². The molecule has 0 radical (unpaired) electrons. The molecule has 0 saturated carbocycles. The third kappa shape index (κ3) is 1.78. The van der Waals surface area contributed by atoms with Crippen LogP contribution >= 0.6 is 12.2 Å². The molecule has 7 heteroatoms. The Morgan fingerprint density at radius 3 is 2.94 bits per heavy atom. The Hall–Kier alpha value is -2.15. The minimum atomic E-state index is -0.213. The van der Waals surface area contributed by atoms with E-state index in [1.54, 1.807) is 12.3 Å². The number of H-pyrrole nitrogens is 1. The second kappa shape index (κ2) is 3.95. The van der Waals surface area contributed by atoms with Gasteiger partial charge in [0.15, 0.2) is 5.11 Å². The zero-order chi connectivity index (χ0) is 12.7. The largest absolute Gasteiger partial charge is 0.346 e. The topological polar surface area (TPSA) is 69.8 Å². The molecule has 1 aliphatic heterocycles. The first-order valence-corrected chi connectivity index (χ1v) is 5.82. The van der Waals surface area contributed by atoms with Crippen molar-refractivity contribution in [2.45, 2.75) is 0 Å². The molecule has 18 heavy (non-hydrogen) atoms. The maximum atomic E-state index is 11.6. The Kier molecular flexibility index (Phi) is 2.41. The van der Waals surface area contributed by atoms with E-state index in [4.69, 9.17) is 12.2 Å². The number of hydrogen-bond donors (Lipinski definition) is 3. The van der Waals surface area contributed by atoms with Gasteiger partial charge < -0.3 is 10.3 Å². The maximum Gasteiger partial charge on any atom is 0.273 e. The van der Waals surface area contributed by atoms with E-state index in [9.17, 15) is 4.79 Å². The molecule has 0 spiro atoms. The summed E-state index contributed by atoms with van der Waals surface area (Å²) in [7, 11) is 1.98. The summed E-state index contributed by atoms with van der Waals surface area (Å²) in [5.41, 5.74) is 3.22. The first-order valence-electron chi connectivity index (χ1n) is 5.41. The molecule has 0 aromatic carbocycles. The van der Waals surface area contributed by atoms with Crippen molar-refractivity contribution in [2.24, 2.45) is 0 Å². The van der Waals surface area contributed by atoms with Crippen LogP contribution in [0.5, 0.6) is 0 Å². The fourth-order valence-electron chi connectivity index (χ4n) is 1.89. The number of fused-ring (bicyclic) bond motifs is 1. The van der Waals surface area contributed by atoms with E-state index in [0.29, 0.717) is 10.8 Å². The van der Waals surface area contributed by atoms with Crippen LogP contribution in [0.2, 0.25) is 0 Å². The minimum Gasteiger partial charge on any atom is -0.346 e. The van der Waals surface area contributed by atoms with E-state index in [-0.39, 0.29) is 5.91 Å². The van der Waals surface area contributed by atoms with Crippen LogP contribution in [-0.2, 0) is 4.79 Å². The summed E-state index contributed by atoms with van der Waals surface area (Å²) in [5.74, 6) is -0.213. The second-order valence-corrected chi connectivity index (χ2v) is 4.53. The maximum absolute atomic E-state index is 11.6. The van der Waals surface area contributed by atoms with Crippen molar-refractivity contribution in [1.82, 2.24) is 20.6 Å². The zero-order valence-corrected chi connectivity index (χ0v) is 10.4. The van der Waals surface area contributed by atoms with Gasteiger partial charge in [0.25, 0.3) is 5.91 Å². The van der Waals surface area contributed by atoms with Gasteiger partial charge in [0.1, 0.15) is 19.2 Å². The van der Waals surface area contributed by atoms with Crippen molar-refractivity contribution in [3.63, 3.8) is 0 Å². The molecular formula is C11H9BN4OS. The molecule has 1 fully saturated rings. The molecule has 3 N–H and O–H groups in total. The third-order valence-corrected chi connectivity index (χ3v) is 2.92. The number of aromatic amines is 1. The summed E-state index contributed by atoms with van der Waals surface area (Å²) in [4.78, 5) is 18.9. The number of pyridine rings is 1. The van der Waals surface area contributed by atoms with E-state index < -0.39 is 0 Å². The highest BCUT2D eigenvalue weighted by Crippen LogP contribution is 2.18. The molecule has 2 aromatic heterocycles. The normalized spacial score (nSPS) is 17.2. The quantitative estimate of drug-likeness (QED) is 0.354. The predicted molar refractivity (Wildman–Crippen MR) is 76.1 cm³/mol. The van der Waals surface area contributed by atoms with E-state index >= 15 is 0 Å². The van der Waals surface area contributed by atoms with Gasteiger partial charge in [0, 0.05) is 23.3 Å². The molecule has 5 nitrogen and oxygen atoms in total. The van der Waals surface area contributed by atoms with Crippen molar-refractivity contribution in [1.29, 1.82) is 0 Å². The molecule has 3 heterocycles. The lowest BCUT2D eigenvalue weighted by Crippen LogP contribution is -2.21. The molecule has 1 saturated heterocycles. The number of rotatable bonds is 1. The highest BCUT2D eigenvalue weighted by Gasteiger charge is 2.20. The minimum absolute atomic E-state index is 0.213. The molecule has 3 rings (SSSR count). The van der Waals surface area contributed by atoms with Crippen LogP contribution in [0.4, 0.5) is 0 Å². The fraction of sp³-hybridized carbons (Fsp3) is 0. The zero-order valence-electron chi connectivity index (χ0n) is 9.57. The van der Waals surface area contributed by atoms with Gasteiger partial charge in [0.05, 0.1) is 0 Å². The molecule has 0 unspecified atom stereocenters. The van der Waals surface area contributed by atoms with Gasteiger partial charge in [-0.15, -0.1) is 0 Å². The van der Waals surface area contributed by atoms with Gasteiger partial charge in [-0.1, -0.05) is 11.5 Å². The van der Waals surface area contributed by atoms with Gasteiger partial charge in [-0.3, -0.25) is 10.1 Å². The molecule has 0 aliphatic carbocycles. The molecule has 1 amide bonds. The van der Waals surface area contributed by atoms with Crippen LogP contribution < -0.4 is 16.1 Å². The number of carbonyl (C=O) groups is 1. The summed E-state index contributed by atoms with van der Waals surface area (Å²) < 4.78 is 0. The van der Waals surface area contributed by atoms with Crippen molar-refractivity contribution < 1.29 is 4.79 Å². The van der Waals surface area contributed by atoms with Gasteiger partial charge in [0.2, 0.25) is 0 Å². The Bertz CT molecular complexity index is 706. The average molecular weight is 256 g/mol. The summed E-state index contributed by atoms with van der Waals surface area (Å²) >= 11 is 4.88. The highest BCUT2D eigenvalue weighted by molar-refractivity contribution is 7.80. The summed E-state index contributed by atoms with van der Waals surface area (Å²) in [6.45, 7) is 0. The van der Waals surface area contributed by atoms with E-state index in [1.165, 1.54) is 0 Å². The molecule has 88 valence electrons. The van der Waals surface area contributed by atoms with Crippen LogP contribution in [-0.4, -0.2) is 28.8 Å². The third-order valence-electron chi connectivity index (χ3n) is 2.72. The standard InChI is InChI=1S/C11H9BN4OS/c12-6-2-7-5(3-13-9(7)14-4-6)1-8-10(17)16-11(18)15-8/h1-4H,12H2,(H,13,14)(H2,15,16,17,18)/b8-1-. The smallest absolute Gasteiger partial charge is 0.273 e. The number of nitrogens with zero attached hydrogens (tertiary/aromatic N) is 1. The molecule has 0 atom stereocenters. The monoisotopic (exact) mass is 256 g/mol. The van der Waals surface area contributed by atoms with Crippen molar-refractivity contribution >= 4 is 53.7 Å². The lowest BCUT2D eigenvalue weighted by atomic mass is 9.97. The van der Waals surface area contributed by atoms with Crippen LogP contribution in [0.3, 0.4) is 0 Å². The summed E-state index contributed by atoms with van der Waals surface area (Å²) in [6, 6.07) is 2.02. The first kappa shape index (κ1) is 11.0. The van der Waals surface area contributed by atoms with Gasteiger partial charge >= 0.3 is 0 Å². The lowest BCUT2D eigenvalue weighted by Gasteiger charge is -1.96. The SMILES string of the molecule is Bc1cnc2[nH]cc(/C=C3\NC(=S)NC3=O)c2c1. The first-order chi connectivity index (χ1) is 8.63. The molecule has 1 aliphatic rings. The van der Waals surface area contributed by atoms with Crippen LogP contribution in [0.15, 0.2) is 24.2 Å². The predicted octanol–water partition coefficient (Wildman–Crippen LogP) is -0.834. The summed E-state index contributed by atoms with van der Waals surface area (Å²) in [5, 5.41) is 6.66. The van der Waals surface area contributed by atoms with Crippen LogP contribution in [0.25, 0.3) is 17.1 Å². The van der Waals surface area contributed by atoms with Crippen molar-refractivity contribution in [2.75, 3.05) is 0 Å². The van der Waals surface area contributed by atoms with E-state index in [1.807, 2.05) is 20.1 Å². The van der Waals surface area contributed by atoms with Crippen LogP contribution in [0.1, 0.15) is 5.56 Å². The Balaban J connectivity index is 2.10. The Morgan fingerprint density at radius 1 is 1.39 bits per heavy atom. The summed E-state index contributed by atoms with van der Waals surface area (Å²) in [6.07, 6.45) is 5.38. The average Bonchev–Trinajstić information content (AvgIpc) is 2.84. The Morgan fingerprint density at radius 2 is 2.22 bits per heavy atom. The Labute approximate surface area is 109 Å². The number of aromatic nitrogens is 2. The highest BCUT2D eigenvalue weighted by atomic mass is 32.1. The number of hydrogen-bond acceptors (Lipinski definition) is 3. The van der Waals surface area contributed by atoms with Crippen molar-refractivity contribution in [3.8, 4) is 0 Å². The van der Waals surface area contributed by atoms with E-state index in [0.717, 1.165) is 22.1 Å². The lowest BCUT2D eigenvalue weighted by molar-refractivity contribution is -0.115. The number of thiocarbonyl (C=S) groups is 1. The number of amides is 1. The van der Waals surface area contributed by atoms with Gasteiger partial charge in [-0.05, 0) is 18.3 Å². The number of carbonyl (C=O) groups excluding carboxylic acids is 1. The molecule has 0 bridgehead atoms. The van der Waals surface area contributed by atoms with Gasteiger partial charge in [-0.2, -0.15) is 0 Å². The van der Waals surface area contributed by atoms with Crippen LogP contribution in [0, 0.1) is 0 Å². The second-order valence-electron chi connectivity index (χ2n) is 4.12.